The van der Waals surface area contributed by atoms with E-state index in [-0.39, 0.29) is 43.3 Å². The largest absolute Gasteiger partial charge is 0.485 e. The van der Waals surface area contributed by atoms with Gasteiger partial charge in [-0.05, 0) is 49.6 Å². The van der Waals surface area contributed by atoms with Crippen LogP contribution in [-0.4, -0.2) is 63.2 Å². The predicted molar refractivity (Wildman–Crippen MR) is 135 cm³/mol. The van der Waals surface area contributed by atoms with Crippen molar-refractivity contribution in [2.45, 2.75) is 38.6 Å². The Hall–Kier alpha value is -3.24. The molecule has 37 heavy (non-hydrogen) atoms. The average Bonchev–Trinajstić information content (AvgIpc) is 3.44. The molecular formula is C26H23ClFN3O5S. The van der Waals surface area contributed by atoms with Gasteiger partial charge in [0.25, 0.3) is 0 Å². The maximum atomic E-state index is 14.7. The number of hydrogen-bond acceptors (Lipinski definition) is 6. The molecule has 8 nitrogen and oxygen atoms in total. The van der Waals surface area contributed by atoms with Crippen LogP contribution in [0.5, 0.6) is 5.75 Å². The number of carbonyl (C=O) groups is 3. The van der Waals surface area contributed by atoms with E-state index in [9.17, 15) is 23.9 Å². The van der Waals surface area contributed by atoms with Crippen LogP contribution in [0.3, 0.4) is 0 Å². The molecule has 0 radical (unpaired) electrons. The number of thiophene rings is 1. The summed E-state index contributed by atoms with van der Waals surface area (Å²) in [7, 11) is 0. The van der Waals surface area contributed by atoms with Crippen molar-refractivity contribution in [1.29, 1.82) is 0 Å². The zero-order chi connectivity index (χ0) is 26.0. The number of alkyl halides is 1. The van der Waals surface area contributed by atoms with Crippen molar-refractivity contribution in [2.24, 2.45) is 11.8 Å². The number of halogens is 2. The van der Waals surface area contributed by atoms with Crippen molar-refractivity contribution in [1.82, 2.24) is 14.8 Å². The van der Waals surface area contributed by atoms with Gasteiger partial charge in [0.15, 0.2) is 6.17 Å². The third-order valence-corrected chi connectivity index (χ3v) is 8.85. The minimum atomic E-state index is -1.46. The minimum absolute atomic E-state index is 0.0766. The molecule has 1 saturated carbocycles. The van der Waals surface area contributed by atoms with Gasteiger partial charge in [-0.25, -0.2) is 9.18 Å². The van der Waals surface area contributed by atoms with Gasteiger partial charge in [-0.2, -0.15) is 0 Å². The maximum absolute atomic E-state index is 14.7. The Morgan fingerprint density at radius 1 is 1.19 bits per heavy atom. The first-order valence-electron chi connectivity index (χ1n) is 12.0. The number of amides is 3. The second-order valence-electron chi connectivity index (χ2n) is 9.80. The molecule has 4 heterocycles. The predicted octanol–water partition coefficient (Wildman–Crippen LogP) is 4.90. The highest BCUT2D eigenvalue weighted by Gasteiger charge is 2.52. The SMILES string of the molecule is Cc1cc(Cl)cc(-c2ccnc3cc(CN4C(=O)C5CCC5C4=O)sc23)c1O[C@@H]1CN(C(=O)O)C[C@@H]1F. The van der Waals surface area contributed by atoms with E-state index in [1.807, 2.05) is 12.1 Å². The molecule has 2 unspecified atom stereocenters. The Morgan fingerprint density at radius 3 is 2.57 bits per heavy atom. The van der Waals surface area contributed by atoms with E-state index in [2.05, 4.69) is 4.98 Å². The van der Waals surface area contributed by atoms with Gasteiger partial charge in [-0.15, -0.1) is 11.3 Å². The molecule has 3 aliphatic rings. The molecule has 11 heteroatoms. The average molecular weight is 544 g/mol. The second-order valence-corrected chi connectivity index (χ2v) is 11.4. The van der Waals surface area contributed by atoms with Crippen LogP contribution in [0, 0.1) is 18.8 Å². The smallest absolute Gasteiger partial charge is 0.407 e. The number of benzene rings is 1. The second kappa shape index (κ2) is 8.95. The molecular weight excluding hydrogens is 521 g/mol. The summed E-state index contributed by atoms with van der Waals surface area (Å²) < 4.78 is 21.6. The summed E-state index contributed by atoms with van der Waals surface area (Å²) in [5.74, 6) is -0.108. The number of carbonyl (C=O) groups excluding carboxylic acids is 2. The Bertz CT molecular complexity index is 1440. The highest BCUT2D eigenvalue weighted by Crippen LogP contribution is 2.45. The van der Waals surface area contributed by atoms with E-state index in [0.717, 1.165) is 32.9 Å². The minimum Gasteiger partial charge on any atom is -0.485 e. The van der Waals surface area contributed by atoms with Gasteiger partial charge < -0.3 is 14.7 Å². The van der Waals surface area contributed by atoms with E-state index in [0.29, 0.717) is 27.4 Å². The van der Waals surface area contributed by atoms with Crippen molar-refractivity contribution in [3.8, 4) is 16.9 Å². The number of fused-ring (bicyclic) bond motifs is 2. The number of hydrogen-bond donors (Lipinski definition) is 1. The van der Waals surface area contributed by atoms with E-state index in [1.54, 1.807) is 25.3 Å². The van der Waals surface area contributed by atoms with Gasteiger partial charge in [-0.1, -0.05) is 11.6 Å². The summed E-state index contributed by atoms with van der Waals surface area (Å²) in [4.78, 5) is 44.3. The molecule has 192 valence electrons. The summed E-state index contributed by atoms with van der Waals surface area (Å²) in [6.07, 6.45) is -0.409. The fraction of sp³-hybridized carbons (Fsp3) is 0.385. The van der Waals surface area contributed by atoms with Crippen molar-refractivity contribution in [3.05, 3.63) is 45.9 Å². The number of aromatic nitrogens is 1. The van der Waals surface area contributed by atoms with Crippen LogP contribution in [0.4, 0.5) is 9.18 Å². The summed E-state index contributed by atoms with van der Waals surface area (Å²) in [6.45, 7) is 1.69. The van der Waals surface area contributed by atoms with Gasteiger partial charge in [0.05, 0.1) is 41.7 Å². The van der Waals surface area contributed by atoms with Crippen LogP contribution in [0.15, 0.2) is 30.5 Å². The lowest BCUT2D eigenvalue weighted by Crippen LogP contribution is -2.30. The number of rotatable bonds is 5. The first kappa shape index (κ1) is 24.1. The fourth-order valence-corrected chi connectivity index (χ4v) is 6.83. The highest BCUT2D eigenvalue weighted by molar-refractivity contribution is 7.19. The topological polar surface area (TPSA) is 100 Å². The molecule has 2 saturated heterocycles. The molecule has 0 spiro atoms. The van der Waals surface area contributed by atoms with Crippen LogP contribution in [0.25, 0.3) is 21.3 Å². The van der Waals surface area contributed by atoms with Gasteiger partial charge in [0.1, 0.15) is 11.9 Å². The Morgan fingerprint density at radius 2 is 1.92 bits per heavy atom. The number of ether oxygens (including phenoxy) is 1. The first-order chi connectivity index (χ1) is 17.7. The van der Waals surface area contributed by atoms with E-state index >= 15 is 0 Å². The molecule has 1 aromatic carbocycles. The lowest BCUT2D eigenvalue weighted by molar-refractivity contribution is -0.140. The summed E-state index contributed by atoms with van der Waals surface area (Å²) in [5, 5.41) is 9.73. The number of imide groups is 1. The zero-order valence-corrected chi connectivity index (χ0v) is 21.4. The third kappa shape index (κ3) is 4.02. The molecule has 6 rings (SSSR count). The fourth-order valence-electron chi connectivity index (χ4n) is 5.43. The van der Waals surface area contributed by atoms with Crippen molar-refractivity contribution >= 4 is 51.1 Å². The number of carboxylic acid groups (broad SMARTS) is 1. The zero-order valence-electron chi connectivity index (χ0n) is 19.8. The quantitative estimate of drug-likeness (QED) is 0.459. The number of likely N-dealkylation sites (tertiary alicyclic amines) is 2. The lowest BCUT2D eigenvalue weighted by Gasteiger charge is -2.24. The number of aryl methyl sites for hydroxylation is 1. The Balaban J connectivity index is 1.36. The molecule has 3 aromatic rings. The van der Waals surface area contributed by atoms with Gasteiger partial charge in [0.2, 0.25) is 11.8 Å². The monoisotopic (exact) mass is 543 g/mol. The van der Waals surface area contributed by atoms with E-state index in [4.69, 9.17) is 16.3 Å². The summed E-state index contributed by atoms with van der Waals surface area (Å²) in [5.41, 5.74) is 2.79. The molecule has 4 atom stereocenters. The Labute approximate surface area is 220 Å². The molecule has 0 bridgehead atoms. The third-order valence-electron chi connectivity index (χ3n) is 7.49. The molecule has 3 amide bonds. The van der Waals surface area contributed by atoms with Crippen molar-refractivity contribution in [3.63, 3.8) is 0 Å². The van der Waals surface area contributed by atoms with Crippen LogP contribution < -0.4 is 4.74 Å². The van der Waals surface area contributed by atoms with Crippen LogP contribution >= 0.6 is 22.9 Å². The molecule has 1 aliphatic carbocycles. The highest BCUT2D eigenvalue weighted by atomic mass is 35.5. The summed E-state index contributed by atoms with van der Waals surface area (Å²) >= 11 is 7.84. The molecule has 1 N–H and O–H groups in total. The number of nitrogens with zero attached hydrogens (tertiary/aromatic N) is 3. The standard InChI is InChI=1S/C26H23ClFN3O5S/c1-12-6-13(27)7-18(22(12)36-21-11-30(26(34)35)10-19(21)28)15-4-5-29-20-8-14(37-23(15)20)9-31-24(32)16-2-3-17(16)25(31)33/h4-8,16-17,19,21H,2-3,9-11H2,1H3,(H,34,35)/t16?,17?,19-,21+/m0/s1. The molecule has 2 aliphatic heterocycles. The first-order valence-corrected chi connectivity index (χ1v) is 13.2. The lowest BCUT2D eigenvalue weighted by atomic mass is 9.76. The van der Waals surface area contributed by atoms with Gasteiger partial charge >= 0.3 is 6.09 Å². The summed E-state index contributed by atoms with van der Waals surface area (Å²) in [6, 6.07) is 7.15. The van der Waals surface area contributed by atoms with Crippen molar-refractivity contribution in [2.75, 3.05) is 13.1 Å². The Kier molecular flexibility index (Phi) is 5.83. The van der Waals surface area contributed by atoms with Gasteiger partial charge in [-0.3, -0.25) is 19.5 Å². The molecule has 3 fully saturated rings. The van der Waals surface area contributed by atoms with E-state index in [1.165, 1.54) is 16.2 Å². The number of pyridine rings is 1. The normalized spacial score (nSPS) is 25.1. The van der Waals surface area contributed by atoms with Crippen LogP contribution in [0.2, 0.25) is 5.02 Å². The van der Waals surface area contributed by atoms with Crippen molar-refractivity contribution < 1.29 is 28.6 Å². The molecule has 2 aromatic heterocycles. The van der Waals surface area contributed by atoms with E-state index < -0.39 is 18.4 Å². The van der Waals surface area contributed by atoms with Crippen LogP contribution in [0.1, 0.15) is 23.3 Å². The van der Waals surface area contributed by atoms with Crippen LogP contribution in [-0.2, 0) is 16.1 Å². The van der Waals surface area contributed by atoms with Gasteiger partial charge in [0, 0.05) is 27.2 Å². The maximum Gasteiger partial charge on any atom is 0.407 e.